The van der Waals surface area contributed by atoms with Crippen molar-refractivity contribution in [3.05, 3.63) is 18.5 Å². The minimum atomic E-state index is -0.412. The molecular formula is C10H18N4O. The Hall–Kier alpha value is -1.36. The molecule has 84 valence electrons. The quantitative estimate of drug-likeness (QED) is 0.725. The van der Waals surface area contributed by atoms with Crippen LogP contribution in [0.15, 0.2) is 18.5 Å². The second-order valence-electron chi connectivity index (χ2n) is 3.65. The molecule has 0 aliphatic heterocycles. The molecule has 2 unspecified atom stereocenters. The lowest BCUT2D eigenvalue weighted by atomic mass is 10.2. The van der Waals surface area contributed by atoms with Gasteiger partial charge in [0.15, 0.2) is 0 Å². The van der Waals surface area contributed by atoms with E-state index in [1.807, 2.05) is 26.1 Å². The van der Waals surface area contributed by atoms with Gasteiger partial charge in [-0.3, -0.25) is 9.48 Å². The average molecular weight is 210 g/mol. The number of nitrogens with zero attached hydrogens (tertiary/aromatic N) is 2. The highest BCUT2D eigenvalue weighted by Crippen LogP contribution is 1.93. The Balaban J connectivity index is 2.36. The van der Waals surface area contributed by atoms with Gasteiger partial charge in [-0.25, -0.2) is 0 Å². The first-order chi connectivity index (χ1) is 7.13. The first-order valence-electron chi connectivity index (χ1n) is 5.17. The number of hydrogen-bond acceptors (Lipinski definition) is 3. The summed E-state index contributed by atoms with van der Waals surface area (Å²) in [6.45, 7) is 4.49. The molecule has 15 heavy (non-hydrogen) atoms. The summed E-state index contributed by atoms with van der Waals surface area (Å²) in [5.74, 6) is -0.0999. The number of carbonyl (C=O) groups is 1. The van der Waals surface area contributed by atoms with Crippen molar-refractivity contribution in [3.63, 3.8) is 0 Å². The van der Waals surface area contributed by atoms with Crippen LogP contribution >= 0.6 is 0 Å². The monoisotopic (exact) mass is 210 g/mol. The Kier molecular flexibility index (Phi) is 4.30. The number of rotatable bonds is 5. The van der Waals surface area contributed by atoms with Crippen LogP contribution in [-0.2, 0) is 11.3 Å². The van der Waals surface area contributed by atoms with Gasteiger partial charge in [0.25, 0.3) is 0 Å². The second-order valence-corrected chi connectivity index (χ2v) is 3.65. The fraction of sp³-hybridized carbons (Fsp3) is 0.600. The minimum absolute atomic E-state index is 0.0370. The number of hydrogen-bond donors (Lipinski definition) is 2. The van der Waals surface area contributed by atoms with E-state index >= 15 is 0 Å². The summed E-state index contributed by atoms with van der Waals surface area (Å²) in [5.41, 5.74) is 5.60. The van der Waals surface area contributed by atoms with Crippen molar-refractivity contribution in [3.8, 4) is 0 Å². The lowest BCUT2D eigenvalue weighted by Crippen LogP contribution is -2.45. The summed E-state index contributed by atoms with van der Waals surface area (Å²) in [6.07, 6.45) is 4.23. The molecule has 0 saturated heterocycles. The summed E-state index contributed by atoms with van der Waals surface area (Å²) in [4.78, 5) is 11.4. The fourth-order valence-electron chi connectivity index (χ4n) is 1.27. The van der Waals surface area contributed by atoms with E-state index in [-0.39, 0.29) is 11.9 Å². The van der Waals surface area contributed by atoms with E-state index in [0.29, 0.717) is 13.0 Å². The molecule has 0 aliphatic carbocycles. The van der Waals surface area contributed by atoms with Crippen LogP contribution < -0.4 is 11.1 Å². The lowest BCUT2D eigenvalue weighted by Gasteiger charge is -2.16. The van der Waals surface area contributed by atoms with Crippen LogP contribution in [0.5, 0.6) is 0 Å². The van der Waals surface area contributed by atoms with Crippen molar-refractivity contribution in [2.24, 2.45) is 5.73 Å². The first-order valence-corrected chi connectivity index (χ1v) is 5.17. The Bertz CT molecular complexity index is 296. The third-order valence-electron chi connectivity index (χ3n) is 2.19. The van der Waals surface area contributed by atoms with Crippen LogP contribution in [0.4, 0.5) is 0 Å². The normalized spacial score (nSPS) is 14.6. The van der Waals surface area contributed by atoms with Gasteiger partial charge in [-0.05, 0) is 19.4 Å². The Labute approximate surface area is 89.6 Å². The Morgan fingerprint density at radius 1 is 1.67 bits per heavy atom. The number of amides is 1. The van der Waals surface area contributed by atoms with Crippen molar-refractivity contribution in [1.29, 1.82) is 0 Å². The van der Waals surface area contributed by atoms with Gasteiger partial charge in [-0.1, -0.05) is 6.92 Å². The molecule has 0 aliphatic rings. The molecular weight excluding hydrogens is 192 g/mol. The molecule has 0 bridgehead atoms. The number of carbonyl (C=O) groups excluding carboxylic acids is 1. The predicted octanol–water partition coefficient (Wildman–Crippen LogP) is 0.125. The van der Waals surface area contributed by atoms with Crippen LogP contribution in [-0.4, -0.2) is 27.8 Å². The summed E-state index contributed by atoms with van der Waals surface area (Å²) < 4.78 is 1.78. The molecule has 0 fully saturated rings. The van der Waals surface area contributed by atoms with Crippen molar-refractivity contribution in [2.75, 3.05) is 0 Å². The Morgan fingerprint density at radius 3 is 2.93 bits per heavy atom. The number of aromatic nitrogens is 2. The molecule has 1 amide bonds. The van der Waals surface area contributed by atoms with Crippen molar-refractivity contribution in [1.82, 2.24) is 15.1 Å². The maximum atomic E-state index is 11.4. The highest BCUT2D eigenvalue weighted by Gasteiger charge is 2.13. The predicted molar refractivity (Wildman–Crippen MR) is 58.1 cm³/mol. The standard InChI is InChI=1S/C10H18N4O/c1-3-9(11)10(15)13-8(2)7-14-6-4-5-12-14/h4-6,8-9H,3,7,11H2,1-2H3,(H,13,15). The van der Waals surface area contributed by atoms with E-state index in [9.17, 15) is 4.79 Å². The van der Waals surface area contributed by atoms with Crippen molar-refractivity contribution >= 4 is 5.91 Å². The molecule has 2 atom stereocenters. The zero-order chi connectivity index (χ0) is 11.3. The lowest BCUT2D eigenvalue weighted by molar-refractivity contribution is -0.123. The molecule has 5 heteroatoms. The van der Waals surface area contributed by atoms with Crippen LogP contribution in [0.25, 0.3) is 0 Å². The van der Waals surface area contributed by atoms with Crippen molar-refractivity contribution in [2.45, 2.75) is 38.9 Å². The summed E-state index contributed by atoms with van der Waals surface area (Å²) >= 11 is 0. The van der Waals surface area contributed by atoms with Crippen LogP contribution in [0, 0.1) is 0 Å². The average Bonchev–Trinajstić information content (AvgIpc) is 2.68. The maximum absolute atomic E-state index is 11.4. The van der Waals surface area contributed by atoms with E-state index in [4.69, 9.17) is 5.73 Å². The number of nitrogens with one attached hydrogen (secondary N) is 1. The molecule has 1 aromatic heterocycles. The van der Waals surface area contributed by atoms with E-state index in [1.165, 1.54) is 0 Å². The highest BCUT2D eigenvalue weighted by atomic mass is 16.2. The van der Waals surface area contributed by atoms with Gasteiger partial charge in [0.05, 0.1) is 12.6 Å². The van der Waals surface area contributed by atoms with Crippen molar-refractivity contribution < 1.29 is 4.79 Å². The van der Waals surface area contributed by atoms with Gasteiger partial charge >= 0.3 is 0 Å². The summed E-state index contributed by atoms with van der Waals surface area (Å²) in [5, 5.41) is 6.91. The van der Waals surface area contributed by atoms with Gasteiger partial charge in [-0.15, -0.1) is 0 Å². The molecule has 1 aromatic rings. The van der Waals surface area contributed by atoms with Crippen LogP contribution in [0.1, 0.15) is 20.3 Å². The smallest absolute Gasteiger partial charge is 0.237 e. The number of nitrogens with two attached hydrogens (primary N) is 1. The molecule has 5 nitrogen and oxygen atoms in total. The Morgan fingerprint density at radius 2 is 2.40 bits per heavy atom. The topological polar surface area (TPSA) is 72.9 Å². The largest absolute Gasteiger partial charge is 0.350 e. The highest BCUT2D eigenvalue weighted by molar-refractivity contribution is 5.81. The molecule has 0 spiro atoms. The van der Waals surface area contributed by atoms with Gasteiger partial charge in [-0.2, -0.15) is 5.10 Å². The van der Waals surface area contributed by atoms with E-state index in [0.717, 1.165) is 0 Å². The molecule has 1 heterocycles. The van der Waals surface area contributed by atoms with Gasteiger partial charge < -0.3 is 11.1 Å². The summed E-state index contributed by atoms with van der Waals surface area (Å²) in [7, 11) is 0. The molecule has 0 saturated carbocycles. The third kappa shape index (κ3) is 3.71. The van der Waals surface area contributed by atoms with Gasteiger partial charge in [0.1, 0.15) is 0 Å². The second kappa shape index (κ2) is 5.50. The SMILES string of the molecule is CCC(N)C(=O)NC(C)Cn1cccn1. The van der Waals surface area contributed by atoms with Crippen LogP contribution in [0.3, 0.4) is 0 Å². The van der Waals surface area contributed by atoms with Gasteiger partial charge in [0, 0.05) is 18.4 Å². The summed E-state index contributed by atoms with van der Waals surface area (Å²) in [6, 6.07) is 1.48. The maximum Gasteiger partial charge on any atom is 0.237 e. The third-order valence-corrected chi connectivity index (χ3v) is 2.19. The fourth-order valence-corrected chi connectivity index (χ4v) is 1.27. The van der Waals surface area contributed by atoms with Crippen LogP contribution in [0.2, 0.25) is 0 Å². The molecule has 0 radical (unpaired) electrons. The molecule has 3 N–H and O–H groups in total. The zero-order valence-corrected chi connectivity index (χ0v) is 9.18. The first kappa shape index (κ1) is 11.7. The van der Waals surface area contributed by atoms with E-state index < -0.39 is 6.04 Å². The molecule has 0 aromatic carbocycles. The zero-order valence-electron chi connectivity index (χ0n) is 9.18. The van der Waals surface area contributed by atoms with E-state index in [2.05, 4.69) is 10.4 Å². The minimum Gasteiger partial charge on any atom is -0.350 e. The molecule has 1 rings (SSSR count). The van der Waals surface area contributed by atoms with Gasteiger partial charge in [0.2, 0.25) is 5.91 Å². The van der Waals surface area contributed by atoms with E-state index in [1.54, 1.807) is 10.9 Å².